The summed E-state index contributed by atoms with van der Waals surface area (Å²) in [6.07, 6.45) is 1.85. The van der Waals surface area contributed by atoms with Crippen LogP contribution in [0.15, 0.2) is 34.2 Å². The van der Waals surface area contributed by atoms with Crippen LogP contribution in [0.25, 0.3) is 0 Å². The van der Waals surface area contributed by atoms with Crippen molar-refractivity contribution in [2.45, 2.75) is 20.0 Å². The van der Waals surface area contributed by atoms with E-state index in [0.29, 0.717) is 12.5 Å². The largest absolute Gasteiger partial charge is 0.478 e. The Morgan fingerprint density at radius 2 is 2.17 bits per heavy atom. The number of halogens is 1. The molecule has 0 aromatic carbocycles. The third-order valence-electron chi connectivity index (χ3n) is 2.35. The summed E-state index contributed by atoms with van der Waals surface area (Å²) in [4.78, 5) is 5.55. The molecule has 0 fully saturated rings. The molecule has 96 valence electrons. The van der Waals surface area contributed by atoms with Gasteiger partial charge in [-0.15, -0.1) is 11.3 Å². The Bertz CT molecular complexity index is 484. The number of hydrogen-bond donors (Lipinski definition) is 1. The summed E-state index contributed by atoms with van der Waals surface area (Å²) >= 11 is 5.21. The van der Waals surface area contributed by atoms with Crippen LogP contribution in [-0.4, -0.2) is 11.6 Å². The summed E-state index contributed by atoms with van der Waals surface area (Å²) in [6, 6.07) is 8.13. The van der Waals surface area contributed by atoms with Crippen LogP contribution in [0.2, 0.25) is 0 Å². The summed E-state index contributed by atoms with van der Waals surface area (Å²) < 4.78 is 6.47. The molecule has 0 aliphatic carbocycles. The Morgan fingerprint density at radius 1 is 1.28 bits per heavy atom. The van der Waals surface area contributed by atoms with Crippen LogP contribution < -0.4 is 10.1 Å². The van der Waals surface area contributed by atoms with Gasteiger partial charge in [-0.25, -0.2) is 4.98 Å². The molecule has 2 heterocycles. The highest BCUT2D eigenvalue weighted by Crippen LogP contribution is 2.21. The highest BCUT2D eigenvalue weighted by atomic mass is 79.9. The predicted octanol–water partition coefficient (Wildman–Crippen LogP) is 3.59. The van der Waals surface area contributed by atoms with Gasteiger partial charge in [-0.2, -0.15) is 0 Å². The van der Waals surface area contributed by atoms with Crippen molar-refractivity contribution in [2.24, 2.45) is 0 Å². The van der Waals surface area contributed by atoms with Gasteiger partial charge in [0.05, 0.1) is 10.4 Å². The van der Waals surface area contributed by atoms with E-state index in [2.05, 4.69) is 38.4 Å². The van der Waals surface area contributed by atoms with Gasteiger partial charge in [0.15, 0.2) is 0 Å². The Balaban J connectivity index is 1.79. The molecule has 0 unspecified atom stereocenters. The molecule has 2 rings (SSSR count). The Kier molecular flexibility index (Phi) is 5.16. The molecule has 0 aliphatic rings. The second-order valence-corrected chi connectivity index (χ2v) is 6.29. The van der Waals surface area contributed by atoms with Crippen LogP contribution in [0.5, 0.6) is 5.88 Å². The van der Waals surface area contributed by atoms with Crippen LogP contribution in [0.3, 0.4) is 0 Å². The second-order valence-electron chi connectivity index (χ2n) is 3.75. The Labute approximate surface area is 119 Å². The van der Waals surface area contributed by atoms with E-state index in [-0.39, 0.29) is 0 Å². The highest BCUT2D eigenvalue weighted by Gasteiger charge is 1.99. The molecule has 2 aromatic rings. The quantitative estimate of drug-likeness (QED) is 0.880. The van der Waals surface area contributed by atoms with E-state index in [0.717, 1.165) is 18.7 Å². The fourth-order valence-corrected chi connectivity index (χ4v) is 2.98. The van der Waals surface area contributed by atoms with Gasteiger partial charge in [0.25, 0.3) is 0 Å². The number of hydrogen-bond acceptors (Lipinski definition) is 4. The number of thiophene rings is 1. The topological polar surface area (TPSA) is 34.1 Å². The van der Waals surface area contributed by atoms with Crippen molar-refractivity contribution in [3.63, 3.8) is 0 Å². The molecule has 0 amide bonds. The molecule has 3 nitrogen and oxygen atoms in total. The first-order chi connectivity index (χ1) is 8.78. The number of pyridine rings is 1. The summed E-state index contributed by atoms with van der Waals surface area (Å²) in [6.45, 7) is 4.30. The molecule has 0 radical (unpaired) electrons. The minimum absolute atomic E-state index is 0.651. The first-order valence-corrected chi connectivity index (χ1v) is 7.41. The molecule has 2 aromatic heterocycles. The number of rotatable bonds is 6. The van der Waals surface area contributed by atoms with Crippen molar-refractivity contribution < 1.29 is 4.74 Å². The van der Waals surface area contributed by atoms with Crippen molar-refractivity contribution in [2.75, 3.05) is 6.61 Å². The molecule has 0 spiro atoms. The third-order valence-corrected chi connectivity index (χ3v) is 3.97. The second kappa shape index (κ2) is 6.87. The lowest BCUT2D eigenvalue weighted by atomic mass is 10.3. The first kappa shape index (κ1) is 13.5. The van der Waals surface area contributed by atoms with Crippen molar-refractivity contribution in [3.05, 3.63) is 44.7 Å². The van der Waals surface area contributed by atoms with E-state index < -0.39 is 0 Å². The van der Waals surface area contributed by atoms with Crippen LogP contribution in [-0.2, 0) is 13.1 Å². The van der Waals surface area contributed by atoms with Gasteiger partial charge in [-0.05, 0) is 40.5 Å². The van der Waals surface area contributed by atoms with E-state index in [9.17, 15) is 0 Å². The SMILES string of the molecule is CCOc1ccc(CNCc2ccc(Br)s2)cn1. The molecule has 0 atom stereocenters. The number of nitrogens with zero attached hydrogens (tertiary/aromatic N) is 1. The van der Waals surface area contributed by atoms with Gasteiger partial charge in [0.2, 0.25) is 5.88 Å². The zero-order valence-corrected chi connectivity index (χ0v) is 12.6. The van der Waals surface area contributed by atoms with Crippen LogP contribution in [0.4, 0.5) is 0 Å². The fourth-order valence-electron chi connectivity index (χ4n) is 1.53. The molecule has 1 N–H and O–H groups in total. The zero-order valence-electron chi connectivity index (χ0n) is 10.1. The van der Waals surface area contributed by atoms with Gasteiger partial charge in [-0.1, -0.05) is 6.07 Å². The van der Waals surface area contributed by atoms with E-state index >= 15 is 0 Å². The standard InChI is InChI=1S/C13H15BrN2OS/c1-2-17-13-6-3-10(8-16-13)7-15-9-11-4-5-12(14)18-11/h3-6,8,15H,2,7,9H2,1H3. The van der Waals surface area contributed by atoms with Gasteiger partial charge in [0.1, 0.15) is 0 Å². The van der Waals surface area contributed by atoms with E-state index in [1.54, 1.807) is 11.3 Å². The molecular formula is C13H15BrN2OS. The maximum atomic E-state index is 5.30. The molecule has 0 saturated carbocycles. The molecule has 0 saturated heterocycles. The van der Waals surface area contributed by atoms with Crippen LogP contribution >= 0.6 is 27.3 Å². The van der Waals surface area contributed by atoms with Crippen molar-refractivity contribution >= 4 is 27.3 Å². The molecule has 0 bridgehead atoms. The molecular weight excluding hydrogens is 312 g/mol. The maximum absolute atomic E-state index is 5.30. The smallest absolute Gasteiger partial charge is 0.213 e. The molecule has 5 heteroatoms. The lowest BCUT2D eigenvalue weighted by Gasteiger charge is -2.05. The van der Waals surface area contributed by atoms with Gasteiger partial charge in [-0.3, -0.25) is 0 Å². The monoisotopic (exact) mass is 326 g/mol. The molecule has 18 heavy (non-hydrogen) atoms. The first-order valence-electron chi connectivity index (χ1n) is 5.80. The highest BCUT2D eigenvalue weighted by molar-refractivity contribution is 9.11. The average Bonchev–Trinajstić information content (AvgIpc) is 2.78. The summed E-state index contributed by atoms with van der Waals surface area (Å²) in [5, 5.41) is 3.39. The lowest BCUT2D eigenvalue weighted by molar-refractivity contribution is 0.326. The number of nitrogens with one attached hydrogen (secondary N) is 1. The Hall–Kier alpha value is -0.910. The van der Waals surface area contributed by atoms with Crippen LogP contribution in [0, 0.1) is 0 Å². The molecule has 0 aliphatic heterocycles. The minimum atomic E-state index is 0.651. The zero-order chi connectivity index (χ0) is 12.8. The van der Waals surface area contributed by atoms with Gasteiger partial charge < -0.3 is 10.1 Å². The van der Waals surface area contributed by atoms with Crippen LogP contribution in [0.1, 0.15) is 17.4 Å². The lowest BCUT2D eigenvalue weighted by Crippen LogP contribution is -2.11. The Morgan fingerprint density at radius 3 is 2.78 bits per heavy atom. The van der Waals surface area contributed by atoms with Gasteiger partial charge in [0, 0.05) is 30.2 Å². The summed E-state index contributed by atoms with van der Waals surface area (Å²) in [5.41, 5.74) is 1.16. The van der Waals surface area contributed by atoms with Crippen molar-refractivity contribution in [1.29, 1.82) is 0 Å². The minimum Gasteiger partial charge on any atom is -0.478 e. The normalized spacial score (nSPS) is 10.6. The summed E-state index contributed by atoms with van der Waals surface area (Å²) in [5.74, 6) is 0.684. The van der Waals surface area contributed by atoms with E-state index in [4.69, 9.17) is 4.74 Å². The summed E-state index contributed by atoms with van der Waals surface area (Å²) in [7, 11) is 0. The maximum Gasteiger partial charge on any atom is 0.213 e. The number of aromatic nitrogens is 1. The van der Waals surface area contributed by atoms with Gasteiger partial charge >= 0.3 is 0 Å². The average molecular weight is 327 g/mol. The number of ether oxygens (including phenoxy) is 1. The third kappa shape index (κ3) is 4.08. The van der Waals surface area contributed by atoms with Crippen molar-refractivity contribution in [3.8, 4) is 5.88 Å². The fraction of sp³-hybridized carbons (Fsp3) is 0.308. The van der Waals surface area contributed by atoms with E-state index in [1.165, 1.54) is 8.66 Å². The van der Waals surface area contributed by atoms with Crippen molar-refractivity contribution in [1.82, 2.24) is 10.3 Å². The van der Waals surface area contributed by atoms with E-state index in [1.807, 2.05) is 25.3 Å². The predicted molar refractivity (Wildman–Crippen MR) is 78.0 cm³/mol.